The van der Waals surface area contributed by atoms with Gasteiger partial charge in [0.1, 0.15) is 18.2 Å². The molecule has 0 amide bonds. The minimum Gasteiger partial charge on any atom is -0.486 e. The molecule has 5 aromatic rings. The van der Waals surface area contributed by atoms with E-state index in [4.69, 9.17) is 14.5 Å². The lowest BCUT2D eigenvalue weighted by molar-refractivity contribution is 0.0996. The van der Waals surface area contributed by atoms with Gasteiger partial charge < -0.3 is 14.8 Å². The molecule has 6 rings (SSSR count). The van der Waals surface area contributed by atoms with E-state index in [1.807, 2.05) is 54.6 Å². The van der Waals surface area contributed by atoms with Crippen molar-refractivity contribution < 1.29 is 9.47 Å². The molecule has 35 heavy (non-hydrogen) atoms. The van der Waals surface area contributed by atoms with Crippen molar-refractivity contribution in [1.29, 1.82) is 0 Å². The number of pyridine rings is 1. The number of ether oxygens (including phenoxy) is 2. The number of para-hydroxylation sites is 3. The fourth-order valence-corrected chi connectivity index (χ4v) is 4.42. The Morgan fingerprint density at radius 1 is 1.11 bits per heavy atom. The van der Waals surface area contributed by atoms with E-state index in [2.05, 4.69) is 27.4 Å². The molecule has 0 saturated carbocycles. The standard InChI is InChI=1S/C26H24N6O3/c1-2-8-19-22-23(31-30-19)18-14-28-26(27-13-17-15-34-20-11-6-7-12-21(20)35-17)29-24(18)32(25(22)33)16-9-4-3-5-10-16/h3-7,9-12,14,17H,2,8,13,15H2,1H3,(H,30,31)(H,27,28,29)/t17-/m0/s1. The van der Waals surface area contributed by atoms with Crippen LogP contribution in [0.5, 0.6) is 11.5 Å². The van der Waals surface area contributed by atoms with Gasteiger partial charge in [-0.2, -0.15) is 10.1 Å². The normalized spacial score (nSPS) is 14.9. The molecule has 176 valence electrons. The highest BCUT2D eigenvalue weighted by molar-refractivity contribution is 6.03. The zero-order valence-electron chi connectivity index (χ0n) is 19.2. The van der Waals surface area contributed by atoms with E-state index < -0.39 is 0 Å². The zero-order valence-corrected chi connectivity index (χ0v) is 19.2. The molecule has 4 heterocycles. The van der Waals surface area contributed by atoms with Crippen LogP contribution in [-0.4, -0.2) is 44.0 Å². The van der Waals surface area contributed by atoms with Crippen molar-refractivity contribution in [2.24, 2.45) is 0 Å². The second kappa shape index (κ2) is 8.75. The van der Waals surface area contributed by atoms with Crippen LogP contribution in [0.15, 0.2) is 65.6 Å². The number of aromatic nitrogens is 5. The molecule has 1 atom stereocenters. The Balaban J connectivity index is 1.40. The van der Waals surface area contributed by atoms with Crippen molar-refractivity contribution >= 4 is 27.9 Å². The molecule has 0 bridgehead atoms. The van der Waals surface area contributed by atoms with Gasteiger partial charge in [0.2, 0.25) is 5.95 Å². The third-order valence-electron chi connectivity index (χ3n) is 6.06. The maximum absolute atomic E-state index is 13.7. The number of fused-ring (bicyclic) bond motifs is 4. The number of nitrogens with one attached hydrogen (secondary N) is 2. The Bertz CT molecular complexity index is 1580. The first kappa shape index (κ1) is 21.2. The lowest BCUT2D eigenvalue weighted by Crippen LogP contribution is -2.35. The third kappa shape index (κ3) is 3.74. The van der Waals surface area contributed by atoms with Crippen LogP contribution in [-0.2, 0) is 6.42 Å². The van der Waals surface area contributed by atoms with Crippen LogP contribution < -0.4 is 20.3 Å². The zero-order chi connectivity index (χ0) is 23.8. The van der Waals surface area contributed by atoms with Gasteiger partial charge >= 0.3 is 0 Å². The second-order valence-corrected chi connectivity index (χ2v) is 8.46. The van der Waals surface area contributed by atoms with E-state index in [0.29, 0.717) is 46.8 Å². The predicted molar refractivity (Wildman–Crippen MR) is 134 cm³/mol. The van der Waals surface area contributed by atoms with Crippen molar-refractivity contribution in [1.82, 2.24) is 24.7 Å². The highest BCUT2D eigenvalue weighted by Gasteiger charge is 2.22. The molecule has 0 aliphatic carbocycles. The molecular weight excluding hydrogens is 444 g/mol. The number of H-pyrrole nitrogens is 1. The third-order valence-corrected chi connectivity index (χ3v) is 6.06. The molecule has 3 aromatic heterocycles. The average Bonchev–Trinajstić information content (AvgIpc) is 3.32. The number of anilines is 1. The first-order chi connectivity index (χ1) is 17.2. The smallest absolute Gasteiger partial charge is 0.268 e. The number of hydrogen-bond acceptors (Lipinski definition) is 7. The van der Waals surface area contributed by atoms with Crippen molar-refractivity contribution in [2.45, 2.75) is 25.9 Å². The Morgan fingerprint density at radius 3 is 2.74 bits per heavy atom. The largest absolute Gasteiger partial charge is 0.486 e. The molecule has 2 aromatic carbocycles. The summed E-state index contributed by atoms with van der Waals surface area (Å²) in [5.41, 5.74) is 2.50. The molecule has 0 fully saturated rings. The monoisotopic (exact) mass is 468 g/mol. The minimum absolute atomic E-state index is 0.152. The molecule has 0 unspecified atom stereocenters. The lowest BCUT2D eigenvalue weighted by atomic mass is 10.1. The molecule has 0 radical (unpaired) electrons. The number of rotatable bonds is 6. The van der Waals surface area contributed by atoms with Crippen LogP contribution in [0.3, 0.4) is 0 Å². The molecule has 0 spiro atoms. The average molecular weight is 469 g/mol. The van der Waals surface area contributed by atoms with Gasteiger partial charge in [-0.3, -0.25) is 14.5 Å². The summed E-state index contributed by atoms with van der Waals surface area (Å²) in [5.74, 6) is 1.85. The number of hydrogen-bond donors (Lipinski definition) is 2. The van der Waals surface area contributed by atoms with Gasteiger partial charge in [0.25, 0.3) is 5.56 Å². The molecule has 1 aliphatic rings. The molecule has 9 nitrogen and oxygen atoms in total. The Hall–Kier alpha value is -4.40. The lowest BCUT2D eigenvalue weighted by Gasteiger charge is -2.26. The fourth-order valence-electron chi connectivity index (χ4n) is 4.42. The van der Waals surface area contributed by atoms with Gasteiger partial charge in [-0.1, -0.05) is 43.7 Å². The summed E-state index contributed by atoms with van der Waals surface area (Å²) in [7, 11) is 0. The van der Waals surface area contributed by atoms with Crippen molar-refractivity contribution in [3.8, 4) is 17.2 Å². The topological polar surface area (TPSA) is 107 Å². The summed E-state index contributed by atoms with van der Waals surface area (Å²) in [4.78, 5) is 23.0. The van der Waals surface area contributed by atoms with Crippen molar-refractivity contribution in [3.05, 3.63) is 76.8 Å². The first-order valence-corrected chi connectivity index (χ1v) is 11.7. The predicted octanol–water partition coefficient (Wildman–Crippen LogP) is 3.86. The molecule has 9 heteroatoms. The fraction of sp³-hybridized carbons (Fsp3) is 0.231. The first-order valence-electron chi connectivity index (χ1n) is 11.7. The van der Waals surface area contributed by atoms with E-state index in [1.54, 1.807) is 10.8 Å². The van der Waals surface area contributed by atoms with E-state index in [0.717, 1.165) is 30.0 Å². The molecule has 1 aliphatic heterocycles. The van der Waals surface area contributed by atoms with Gasteiger partial charge in [0.15, 0.2) is 17.1 Å². The van der Waals surface area contributed by atoms with Gasteiger partial charge in [-0.25, -0.2) is 4.98 Å². The van der Waals surface area contributed by atoms with Gasteiger partial charge in [-0.15, -0.1) is 0 Å². The number of benzene rings is 2. The van der Waals surface area contributed by atoms with Crippen molar-refractivity contribution in [2.75, 3.05) is 18.5 Å². The van der Waals surface area contributed by atoms with Crippen LogP contribution in [0.25, 0.3) is 27.6 Å². The second-order valence-electron chi connectivity index (χ2n) is 8.46. The maximum atomic E-state index is 13.7. The highest BCUT2D eigenvalue weighted by atomic mass is 16.6. The Labute approximate surface area is 200 Å². The Kier molecular flexibility index (Phi) is 5.29. The summed E-state index contributed by atoms with van der Waals surface area (Å²) in [6, 6.07) is 17.1. The van der Waals surface area contributed by atoms with Crippen LogP contribution in [0.4, 0.5) is 5.95 Å². The summed E-state index contributed by atoms with van der Waals surface area (Å²) in [5, 5.41) is 12.0. The quantitative estimate of drug-likeness (QED) is 0.390. The van der Waals surface area contributed by atoms with E-state index in [-0.39, 0.29) is 11.7 Å². The summed E-state index contributed by atoms with van der Waals surface area (Å²) in [6.45, 7) is 2.94. The summed E-state index contributed by atoms with van der Waals surface area (Å²) in [6.07, 6.45) is 3.15. The number of aryl methyl sites for hydroxylation is 1. The van der Waals surface area contributed by atoms with Crippen LogP contribution in [0.1, 0.15) is 19.0 Å². The SMILES string of the molecule is CCCc1[nH]nc2c1c(=O)n(-c1ccccc1)c1nc(NC[C@H]3COc4ccccc4O3)ncc21. The van der Waals surface area contributed by atoms with Crippen LogP contribution in [0, 0.1) is 0 Å². The van der Waals surface area contributed by atoms with E-state index in [9.17, 15) is 4.79 Å². The number of aromatic amines is 1. The number of nitrogens with zero attached hydrogens (tertiary/aromatic N) is 4. The van der Waals surface area contributed by atoms with Crippen LogP contribution in [0.2, 0.25) is 0 Å². The molecular formula is C26H24N6O3. The van der Waals surface area contributed by atoms with Crippen LogP contribution >= 0.6 is 0 Å². The Morgan fingerprint density at radius 2 is 1.91 bits per heavy atom. The van der Waals surface area contributed by atoms with Crippen molar-refractivity contribution in [3.63, 3.8) is 0 Å². The van der Waals surface area contributed by atoms with Gasteiger partial charge in [-0.05, 0) is 30.7 Å². The molecule has 2 N–H and O–H groups in total. The van der Waals surface area contributed by atoms with Gasteiger partial charge in [0.05, 0.1) is 23.0 Å². The van der Waals surface area contributed by atoms with E-state index >= 15 is 0 Å². The highest BCUT2D eigenvalue weighted by Crippen LogP contribution is 2.31. The maximum Gasteiger partial charge on any atom is 0.268 e. The summed E-state index contributed by atoms with van der Waals surface area (Å²) >= 11 is 0. The molecule has 0 saturated heterocycles. The van der Waals surface area contributed by atoms with E-state index in [1.165, 1.54) is 0 Å². The van der Waals surface area contributed by atoms with Gasteiger partial charge in [0, 0.05) is 11.9 Å². The minimum atomic E-state index is -0.203. The summed E-state index contributed by atoms with van der Waals surface area (Å²) < 4.78 is 13.5.